The Hall–Kier alpha value is -3.18. The number of alkyl halides is 4. The quantitative estimate of drug-likeness (QED) is 0.541. The van der Waals surface area contributed by atoms with Crippen molar-refractivity contribution in [2.24, 2.45) is 0 Å². The topological polar surface area (TPSA) is 85.3 Å². The third-order valence-electron chi connectivity index (χ3n) is 5.50. The van der Waals surface area contributed by atoms with Crippen molar-refractivity contribution in [2.45, 2.75) is 77.0 Å². The van der Waals surface area contributed by atoms with Gasteiger partial charge in [-0.25, -0.2) is 23.5 Å². The van der Waals surface area contributed by atoms with Gasteiger partial charge in [0, 0.05) is 30.8 Å². The second-order valence-corrected chi connectivity index (χ2v) is 9.32. The molecule has 3 rings (SSSR count). The molecule has 0 aromatic carbocycles. The van der Waals surface area contributed by atoms with Crippen LogP contribution in [0, 0.1) is 5.82 Å². The Bertz CT molecular complexity index is 1090. The van der Waals surface area contributed by atoms with Gasteiger partial charge < -0.3 is 4.74 Å². The molecule has 7 nitrogen and oxygen atoms in total. The van der Waals surface area contributed by atoms with Gasteiger partial charge in [-0.15, -0.1) is 0 Å². The summed E-state index contributed by atoms with van der Waals surface area (Å²) in [5, 5.41) is 0. The zero-order chi connectivity index (χ0) is 26.1. The van der Waals surface area contributed by atoms with Gasteiger partial charge in [0.2, 0.25) is 5.82 Å². The molecule has 3 atom stereocenters. The summed E-state index contributed by atoms with van der Waals surface area (Å²) in [5.74, 6) is -2.50. The van der Waals surface area contributed by atoms with Crippen molar-refractivity contribution in [2.75, 3.05) is 0 Å². The molecular formula is C23H25F5N4O3. The number of aryl methyl sites for hydroxylation is 1. The number of carbonyl (C=O) groups excluding carboxylic acids is 2. The molecule has 0 saturated carbocycles. The average molecular weight is 500 g/mol. The van der Waals surface area contributed by atoms with Crippen LogP contribution in [-0.2, 0) is 22.1 Å². The highest BCUT2D eigenvalue weighted by Crippen LogP contribution is 2.31. The smallest absolute Gasteiger partial charge is 0.444 e. The zero-order valence-corrected chi connectivity index (χ0v) is 19.6. The van der Waals surface area contributed by atoms with Crippen LogP contribution in [0.15, 0.2) is 24.7 Å². The second-order valence-electron chi connectivity index (χ2n) is 9.32. The Labute approximate surface area is 198 Å². The van der Waals surface area contributed by atoms with Crippen molar-refractivity contribution in [3.05, 3.63) is 41.9 Å². The lowest BCUT2D eigenvalue weighted by atomic mass is 10.0. The van der Waals surface area contributed by atoms with Crippen LogP contribution in [0.1, 0.15) is 51.9 Å². The molecule has 3 heterocycles. The van der Waals surface area contributed by atoms with E-state index in [1.807, 2.05) is 0 Å². The minimum Gasteiger partial charge on any atom is -0.444 e. The molecule has 1 saturated heterocycles. The molecule has 0 radical (unpaired) electrons. The number of amides is 1. The molecule has 0 unspecified atom stereocenters. The predicted octanol–water partition coefficient (Wildman–Crippen LogP) is 4.93. The van der Waals surface area contributed by atoms with Gasteiger partial charge in [-0.05, 0) is 45.7 Å². The Balaban J connectivity index is 1.74. The van der Waals surface area contributed by atoms with Gasteiger partial charge >= 0.3 is 12.3 Å². The van der Waals surface area contributed by atoms with Crippen LogP contribution in [0.3, 0.4) is 0 Å². The number of ether oxygens (including phenoxy) is 1. The van der Waals surface area contributed by atoms with Crippen molar-refractivity contribution in [1.82, 2.24) is 19.9 Å². The summed E-state index contributed by atoms with van der Waals surface area (Å²) in [6, 6.07) is -0.625. The molecule has 2 aromatic heterocycles. The lowest BCUT2D eigenvalue weighted by molar-refractivity contribution is -0.145. The number of carbonyl (C=O) groups is 2. The number of aromatic nitrogens is 3. The van der Waals surface area contributed by atoms with Crippen molar-refractivity contribution in [1.29, 1.82) is 0 Å². The minimum absolute atomic E-state index is 0.0786. The van der Waals surface area contributed by atoms with Gasteiger partial charge in [0.1, 0.15) is 17.6 Å². The third kappa shape index (κ3) is 6.29. The van der Waals surface area contributed by atoms with Crippen molar-refractivity contribution in [3.63, 3.8) is 0 Å². The van der Waals surface area contributed by atoms with Crippen LogP contribution in [0.2, 0.25) is 0 Å². The van der Waals surface area contributed by atoms with Crippen LogP contribution in [0.5, 0.6) is 0 Å². The third-order valence-corrected chi connectivity index (χ3v) is 5.50. The van der Waals surface area contributed by atoms with E-state index in [2.05, 4.69) is 15.0 Å². The fraction of sp³-hybridized carbons (Fsp3) is 0.522. The molecule has 1 fully saturated rings. The molecule has 12 heteroatoms. The van der Waals surface area contributed by atoms with Crippen LogP contribution in [0.4, 0.5) is 26.7 Å². The molecule has 190 valence electrons. The zero-order valence-electron chi connectivity index (χ0n) is 19.6. The van der Waals surface area contributed by atoms with Gasteiger partial charge in [-0.2, -0.15) is 13.2 Å². The largest absolute Gasteiger partial charge is 0.451 e. The maximum absolute atomic E-state index is 14.4. The average Bonchev–Trinajstić information content (AvgIpc) is 3.06. The van der Waals surface area contributed by atoms with E-state index in [1.54, 1.807) is 20.8 Å². The SMILES string of the molecule is C[C@H]1[C@H](F)C[C@@H](C(=O)CCc2cc(-c3cnc(C(F)(F)F)nc3)ncc2F)N1C(=O)OC(C)(C)C. The van der Waals surface area contributed by atoms with E-state index >= 15 is 0 Å². The van der Waals surface area contributed by atoms with Gasteiger partial charge in [-0.1, -0.05) is 0 Å². The van der Waals surface area contributed by atoms with Crippen LogP contribution < -0.4 is 0 Å². The highest BCUT2D eigenvalue weighted by molar-refractivity contribution is 5.88. The van der Waals surface area contributed by atoms with Crippen LogP contribution in [0.25, 0.3) is 11.3 Å². The summed E-state index contributed by atoms with van der Waals surface area (Å²) in [4.78, 5) is 37.0. The Morgan fingerprint density at radius 2 is 1.74 bits per heavy atom. The standard InChI is InChI=1S/C23H25F5N4O3/c1-12-15(24)8-18(32(12)21(34)35-22(2,3)4)19(33)6-5-13-7-17(29-11-16(13)25)14-9-30-20(31-10-14)23(26,27)28/h7,9-12,15,18H,5-6,8H2,1-4H3/t12-,15+,18-/m0/s1. The van der Waals surface area contributed by atoms with Crippen molar-refractivity contribution in [3.8, 4) is 11.3 Å². The summed E-state index contributed by atoms with van der Waals surface area (Å²) < 4.78 is 72.1. The summed E-state index contributed by atoms with van der Waals surface area (Å²) in [6.45, 7) is 6.45. The number of hydrogen-bond acceptors (Lipinski definition) is 6. The first kappa shape index (κ1) is 26.4. The molecule has 1 amide bonds. The van der Waals surface area contributed by atoms with E-state index in [4.69, 9.17) is 4.74 Å². The second kappa shape index (κ2) is 9.82. The van der Waals surface area contributed by atoms with Gasteiger partial charge in [0.15, 0.2) is 5.78 Å². The van der Waals surface area contributed by atoms with E-state index in [-0.39, 0.29) is 36.1 Å². The summed E-state index contributed by atoms with van der Waals surface area (Å²) in [5.41, 5.74) is -0.505. The lowest BCUT2D eigenvalue weighted by Gasteiger charge is -2.30. The molecule has 0 aliphatic carbocycles. The minimum atomic E-state index is -4.70. The summed E-state index contributed by atoms with van der Waals surface area (Å²) >= 11 is 0. The van der Waals surface area contributed by atoms with Crippen molar-refractivity contribution < 1.29 is 36.3 Å². The Morgan fingerprint density at radius 3 is 2.31 bits per heavy atom. The number of rotatable bonds is 5. The van der Waals surface area contributed by atoms with E-state index < -0.39 is 53.6 Å². The fourth-order valence-corrected chi connectivity index (χ4v) is 3.74. The van der Waals surface area contributed by atoms with E-state index in [1.165, 1.54) is 13.0 Å². The maximum Gasteiger partial charge on any atom is 0.451 e. The van der Waals surface area contributed by atoms with E-state index in [0.717, 1.165) is 23.5 Å². The number of Topliss-reactive ketones (excluding diaryl/α,β-unsaturated/α-hetero) is 1. The molecular weight excluding hydrogens is 475 g/mol. The first-order chi connectivity index (χ1) is 16.2. The number of ketones is 1. The highest BCUT2D eigenvalue weighted by Gasteiger charge is 2.46. The first-order valence-corrected chi connectivity index (χ1v) is 10.9. The van der Waals surface area contributed by atoms with Gasteiger partial charge in [0.25, 0.3) is 0 Å². The lowest BCUT2D eigenvalue weighted by Crippen LogP contribution is -2.47. The number of halogens is 5. The predicted molar refractivity (Wildman–Crippen MR) is 114 cm³/mol. The molecule has 0 bridgehead atoms. The Morgan fingerprint density at radius 1 is 1.11 bits per heavy atom. The number of pyridine rings is 1. The van der Waals surface area contributed by atoms with Crippen LogP contribution >= 0.6 is 0 Å². The van der Waals surface area contributed by atoms with Crippen molar-refractivity contribution >= 4 is 11.9 Å². The number of hydrogen-bond donors (Lipinski definition) is 0. The highest BCUT2D eigenvalue weighted by atomic mass is 19.4. The van der Waals surface area contributed by atoms with E-state index in [9.17, 15) is 31.5 Å². The monoisotopic (exact) mass is 500 g/mol. The fourth-order valence-electron chi connectivity index (χ4n) is 3.74. The Kier molecular flexibility index (Phi) is 7.42. The molecule has 0 N–H and O–H groups in total. The summed E-state index contributed by atoms with van der Waals surface area (Å²) in [7, 11) is 0. The molecule has 1 aliphatic rings. The number of nitrogens with zero attached hydrogens (tertiary/aromatic N) is 4. The first-order valence-electron chi connectivity index (χ1n) is 10.9. The number of likely N-dealkylation sites (tertiary alicyclic amines) is 1. The molecule has 1 aliphatic heterocycles. The molecule has 0 spiro atoms. The van der Waals surface area contributed by atoms with Gasteiger partial charge in [0.05, 0.1) is 24.0 Å². The normalized spacial score (nSPS) is 20.7. The van der Waals surface area contributed by atoms with E-state index in [0.29, 0.717) is 0 Å². The maximum atomic E-state index is 14.4. The van der Waals surface area contributed by atoms with Gasteiger partial charge in [-0.3, -0.25) is 14.7 Å². The molecule has 35 heavy (non-hydrogen) atoms. The molecule has 2 aromatic rings. The summed E-state index contributed by atoms with van der Waals surface area (Å²) in [6.07, 6.45) is -4.68. The van der Waals surface area contributed by atoms with Crippen LogP contribution in [-0.4, -0.2) is 55.6 Å².